The molecule has 1 saturated heterocycles. The third-order valence-corrected chi connectivity index (χ3v) is 4.88. The summed E-state index contributed by atoms with van der Waals surface area (Å²) in [5, 5.41) is 20.2. The van der Waals surface area contributed by atoms with Crippen molar-refractivity contribution in [3.05, 3.63) is 48.2 Å². The summed E-state index contributed by atoms with van der Waals surface area (Å²) in [7, 11) is 1.91. The number of benzene rings is 1. The van der Waals surface area contributed by atoms with Gasteiger partial charge in [-0.2, -0.15) is 0 Å². The number of piperidine rings is 1. The van der Waals surface area contributed by atoms with Gasteiger partial charge in [-0.1, -0.05) is 18.2 Å². The number of hydrogen-bond donors (Lipinski definition) is 1. The van der Waals surface area contributed by atoms with Crippen molar-refractivity contribution in [2.24, 2.45) is 7.05 Å². The van der Waals surface area contributed by atoms with Crippen LogP contribution in [0.3, 0.4) is 0 Å². The van der Waals surface area contributed by atoms with Crippen LogP contribution in [0, 0.1) is 0 Å². The highest BCUT2D eigenvalue weighted by Gasteiger charge is 2.34. The molecule has 3 aromatic rings. The molecule has 2 aromatic heterocycles. The lowest BCUT2D eigenvalue weighted by Gasteiger charge is -2.39. The van der Waals surface area contributed by atoms with Gasteiger partial charge in [-0.3, -0.25) is 4.90 Å². The van der Waals surface area contributed by atoms with E-state index in [1.54, 1.807) is 12.6 Å². The number of aliphatic hydroxyl groups is 1. The van der Waals surface area contributed by atoms with Crippen molar-refractivity contribution < 1.29 is 9.52 Å². The van der Waals surface area contributed by atoms with Gasteiger partial charge in [0.05, 0.1) is 11.9 Å². The van der Waals surface area contributed by atoms with Crippen LogP contribution >= 0.6 is 0 Å². The van der Waals surface area contributed by atoms with Gasteiger partial charge in [0.25, 0.3) is 0 Å². The monoisotopic (exact) mass is 326 g/mol. The van der Waals surface area contributed by atoms with Gasteiger partial charge in [-0.25, -0.2) is 0 Å². The van der Waals surface area contributed by atoms with Crippen molar-refractivity contribution in [3.63, 3.8) is 0 Å². The fourth-order valence-corrected chi connectivity index (χ4v) is 3.67. The number of aryl methyl sites for hydroxylation is 1. The van der Waals surface area contributed by atoms with E-state index in [2.05, 4.69) is 33.3 Å². The summed E-state index contributed by atoms with van der Waals surface area (Å²) < 4.78 is 7.51. The molecule has 6 nitrogen and oxygen atoms in total. The fourth-order valence-electron chi connectivity index (χ4n) is 3.67. The smallest absolute Gasteiger partial charge is 0.138 e. The second-order valence-corrected chi connectivity index (χ2v) is 6.83. The number of rotatable bonds is 4. The largest absolute Gasteiger partial charge is 0.464 e. The highest BCUT2D eigenvalue weighted by Crippen LogP contribution is 2.27. The number of fused-ring (bicyclic) bond motifs is 1. The molecule has 1 aromatic carbocycles. The third-order valence-electron chi connectivity index (χ3n) is 4.88. The molecular formula is C18H22N4O2. The van der Waals surface area contributed by atoms with E-state index in [1.807, 2.05) is 17.7 Å². The highest BCUT2D eigenvalue weighted by atomic mass is 16.3. The molecule has 0 aliphatic carbocycles. The predicted molar refractivity (Wildman–Crippen MR) is 90.4 cm³/mol. The summed E-state index contributed by atoms with van der Waals surface area (Å²) in [4.78, 5) is 2.30. The molecule has 0 radical (unpaired) electrons. The molecule has 4 rings (SSSR count). The minimum absolute atomic E-state index is 0.533. The van der Waals surface area contributed by atoms with Crippen LogP contribution in [-0.4, -0.2) is 43.5 Å². The lowest BCUT2D eigenvalue weighted by Crippen LogP contribution is -2.49. The molecule has 1 aliphatic heterocycles. The average Bonchev–Trinajstić information content (AvgIpc) is 3.17. The van der Waals surface area contributed by atoms with E-state index in [0.717, 1.165) is 42.7 Å². The first-order chi connectivity index (χ1) is 11.6. The van der Waals surface area contributed by atoms with E-state index in [0.29, 0.717) is 13.0 Å². The molecule has 1 N–H and O–H groups in total. The molecule has 0 spiro atoms. The van der Waals surface area contributed by atoms with Gasteiger partial charge >= 0.3 is 0 Å². The second kappa shape index (κ2) is 6.03. The Morgan fingerprint density at radius 1 is 1.33 bits per heavy atom. The molecule has 1 aliphatic rings. The van der Waals surface area contributed by atoms with Gasteiger partial charge in [0.2, 0.25) is 0 Å². The maximum absolute atomic E-state index is 11.0. The fraction of sp³-hybridized carbons (Fsp3) is 0.444. The lowest BCUT2D eigenvalue weighted by molar-refractivity contribution is -0.0344. The maximum atomic E-state index is 11.0. The first kappa shape index (κ1) is 15.4. The van der Waals surface area contributed by atoms with E-state index in [4.69, 9.17) is 4.42 Å². The Morgan fingerprint density at radius 3 is 3.08 bits per heavy atom. The first-order valence-electron chi connectivity index (χ1n) is 8.36. The molecule has 0 bridgehead atoms. The van der Waals surface area contributed by atoms with Crippen LogP contribution in [0.15, 0.2) is 41.3 Å². The predicted octanol–water partition coefficient (Wildman–Crippen LogP) is 2.13. The summed E-state index contributed by atoms with van der Waals surface area (Å²) in [6, 6.07) is 8.20. The van der Waals surface area contributed by atoms with Crippen LogP contribution in [0.25, 0.3) is 11.0 Å². The second-order valence-electron chi connectivity index (χ2n) is 6.83. The zero-order valence-electron chi connectivity index (χ0n) is 13.9. The van der Waals surface area contributed by atoms with Crippen LogP contribution in [0.5, 0.6) is 0 Å². The Labute approximate surface area is 140 Å². The van der Waals surface area contributed by atoms with Gasteiger partial charge in [-0.05, 0) is 25.5 Å². The van der Waals surface area contributed by atoms with E-state index in [9.17, 15) is 5.11 Å². The van der Waals surface area contributed by atoms with Crippen molar-refractivity contribution in [2.45, 2.75) is 31.4 Å². The van der Waals surface area contributed by atoms with E-state index in [1.165, 1.54) is 5.56 Å². The molecule has 1 unspecified atom stereocenters. The van der Waals surface area contributed by atoms with Crippen molar-refractivity contribution >= 4 is 11.0 Å². The third kappa shape index (κ3) is 2.95. The molecule has 0 amide bonds. The van der Waals surface area contributed by atoms with Gasteiger partial charge < -0.3 is 14.1 Å². The Kier molecular flexibility index (Phi) is 3.86. The molecule has 24 heavy (non-hydrogen) atoms. The zero-order valence-corrected chi connectivity index (χ0v) is 13.9. The number of para-hydroxylation sites is 1. The van der Waals surface area contributed by atoms with Gasteiger partial charge in [-0.15, -0.1) is 10.2 Å². The number of hydrogen-bond acceptors (Lipinski definition) is 5. The average molecular weight is 326 g/mol. The zero-order chi connectivity index (χ0) is 16.6. The minimum atomic E-state index is -0.754. The van der Waals surface area contributed by atoms with Gasteiger partial charge in [0.15, 0.2) is 0 Å². The molecule has 0 saturated carbocycles. The van der Waals surface area contributed by atoms with Crippen molar-refractivity contribution in [3.8, 4) is 0 Å². The van der Waals surface area contributed by atoms with Crippen LogP contribution in [0.2, 0.25) is 0 Å². The van der Waals surface area contributed by atoms with Crippen LogP contribution in [0.1, 0.15) is 24.2 Å². The topological polar surface area (TPSA) is 67.3 Å². The number of furan rings is 1. The normalized spacial score (nSPS) is 22.2. The lowest BCUT2D eigenvalue weighted by atomic mass is 9.89. The number of β-amino-alcohol motifs (C(OH)–C–C–N with tert-alkyl or cyclic N) is 1. The Hall–Kier alpha value is -2.18. The highest BCUT2D eigenvalue weighted by molar-refractivity contribution is 5.80. The van der Waals surface area contributed by atoms with E-state index < -0.39 is 5.60 Å². The molecule has 6 heteroatoms. The minimum Gasteiger partial charge on any atom is -0.464 e. The quantitative estimate of drug-likeness (QED) is 0.795. The molecule has 1 fully saturated rings. The first-order valence-corrected chi connectivity index (χ1v) is 8.36. The molecule has 3 heterocycles. The van der Waals surface area contributed by atoms with Gasteiger partial charge in [0, 0.05) is 37.5 Å². The number of nitrogens with zero attached hydrogens (tertiary/aromatic N) is 4. The SMILES string of the molecule is Cn1cnnc1CC1(O)CCCN(Cc2cccc3ccoc23)C1. The Morgan fingerprint density at radius 2 is 2.25 bits per heavy atom. The summed E-state index contributed by atoms with van der Waals surface area (Å²) in [5.74, 6) is 0.826. The molecule has 1 atom stereocenters. The molecule has 126 valence electrons. The van der Waals surface area contributed by atoms with E-state index >= 15 is 0 Å². The summed E-state index contributed by atoms with van der Waals surface area (Å²) in [6.45, 7) is 2.40. The van der Waals surface area contributed by atoms with Crippen molar-refractivity contribution in [2.75, 3.05) is 13.1 Å². The standard InChI is InChI=1S/C18H22N4O2/c1-21-13-19-20-16(21)10-18(23)7-3-8-22(12-18)11-15-5-2-4-14-6-9-24-17(14)15/h2,4-6,9,13,23H,3,7-8,10-12H2,1H3. The summed E-state index contributed by atoms with van der Waals surface area (Å²) >= 11 is 0. The Bertz CT molecular complexity index is 840. The van der Waals surface area contributed by atoms with Crippen LogP contribution in [-0.2, 0) is 20.0 Å². The Balaban J connectivity index is 1.50. The number of aromatic nitrogens is 3. The van der Waals surface area contributed by atoms with Crippen molar-refractivity contribution in [1.29, 1.82) is 0 Å². The van der Waals surface area contributed by atoms with Crippen molar-refractivity contribution in [1.82, 2.24) is 19.7 Å². The van der Waals surface area contributed by atoms with Gasteiger partial charge in [0.1, 0.15) is 17.7 Å². The van der Waals surface area contributed by atoms with Crippen LogP contribution in [0.4, 0.5) is 0 Å². The summed E-state index contributed by atoms with van der Waals surface area (Å²) in [6.07, 6.45) is 5.71. The molecular weight excluding hydrogens is 304 g/mol. The van der Waals surface area contributed by atoms with Crippen LogP contribution < -0.4 is 0 Å². The van der Waals surface area contributed by atoms with E-state index in [-0.39, 0.29) is 0 Å². The number of likely N-dealkylation sites (tertiary alicyclic amines) is 1. The maximum Gasteiger partial charge on any atom is 0.138 e. The summed E-state index contributed by atoms with van der Waals surface area (Å²) in [5.41, 5.74) is 1.36.